The van der Waals surface area contributed by atoms with Crippen LogP contribution >= 0.6 is 11.3 Å². The number of anilines is 1. The van der Waals surface area contributed by atoms with Gasteiger partial charge in [0.05, 0.1) is 12.2 Å². The number of nitrogen functional groups attached to an aromatic ring is 1. The molecule has 2 rings (SSSR count). The number of rotatable bonds is 3. The number of ether oxygens (including phenoxy) is 1. The third-order valence-corrected chi connectivity index (χ3v) is 4.50. The minimum absolute atomic E-state index is 0.266. The Balaban J connectivity index is 2.28. The molecule has 1 aromatic heterocycles. The second kappa shape index (κ2) is 5.71. The first-order valence-corrected chi connectivity index (χ1v) is 7.28. The van der Waals surface area contributed by atoms with Crippen molar-refractivity contribution in [3.05, 3.63) is 16.0 Å². The third kappa shape index (κ3) is 2.52. The molecule has 1 aromatic rings. The molecule has 0 saturated heterocycles. The quantitative estimate of drug-likeness (QED) is 0.851. The zero-order valence-corrected chi connectivity index (χ0v) is 11.8. The van der Waals surface area contributed by atoms with Crippen LogP contribution < -0.4 is 5.73 Å². The Hall–Kier alpha value is -1.07. The summed E-state index contributed by atoms with van der Waals surface area (Å²) in [6.07, 6.45) is 1.88. The minimum Gasteiger partial charge on any atom is -0.462 e. The summed E-state index contributed by atoms with van der Waals surface area (Å²) in [6, 6.07) is 0. The molecule has 0 saturated carbocycles. The number of nitrogens with zero attached hydrogens (tertiary/aromatic N) is 1. The Labute approximate surface area is 112 Å². The van der Waals surface area contributed by atoms with Crippen LogP contribution in [0.3, 0.4) is 0 Å². The molecule has 0 bridgehead atoms. The minimum atomic E-state index is -0.266. The zero-order chi connectivity index (χ0) is 13.1. The number of fused-ring (bicyclic) bond motifs is 1. The molecule has 2 heterocycles. The van der Waals surface area contributed by atoms with Gasteiger partial charge in [-0.25, -0.2) is 4.79 Å². The molecule has 0 aromatic carbocycles. The van der Waals surface area contributed by atoms with Crippen molar-refractivity contribution in [2.45, 2.75) is 26.7 Å². The highest BCUT2D eigenvalue weighted by atomic mass is 32.1. The fourth-order valence-electron chi connectivity index (χ4n) is 2.38. The van der Waals surface area contributed by atoms with Crippen molar-refractivity contribution < 1.29 is 9.53 Å². The summed E-state index contributed by atoms with van der Waals surface area (Å²) >= 11 is 1.55. The maximum Gasteiger partial charge on any atom is 0.341 e. The fourth-order valence-corrected chi connectivity index (χ4v) is 3.48. The van der Waals surface area contributed by atoms with Crippen molar-refractivity contribution >= 4 is 22.3 Å². The summed E-state index contributed by atoms with van der Waals surface area (Å²) in [7, 11) is 0. The average Bonchev–Trinajstić information content (AvgIpc) is 2.53. The van der Waals surface area contributed by atoms with E-state index in [1.165, 1.54) is 4.88 Å². The van der Waals surface area contributed by atoms with Crippen LogP contribution in [-0.2, 0) is 17.6 Å². The Bertz CT molecular complexity index is 442. The molecule has 100 valence electrons. The molecular formula is C13H20N2O2S. The van der Waals surface area contributed by atoms with Crippen LogP contribution in [0.1, 0.15) is 34.6 Å². The Morgan fingerprint density at radius 2 is 2.11 bits per heavy atom. The van der Waals surface area contributed by atoms with Crippen LogP contribution in [0, 0.1) is 0 Å². The van der Waals surface area contributed by atoms with E-state index in [4.69, 9.17) is 10.5 Å². The number of esters is 1. The monoisotopic (exact) mass is 268 g/mol. The molecule has 18 heavy (non-hydrogen) atoms. The van der Waals surface area contributed by atoms with Gasteiger partial charge in [0.15, 0.2) is 0 Å². The molecular weight excluding hydrogens is 248 g/mol. The van der Waals surface area contributed by atoms with Crippen molar-refractivity contribution in [2.24, 2.45) is 0 Å². The smallest absolute Gasteiger partial charge is 0.341 e. The second-order valence-electron chi connectivity index (χ2n) is 4.40. The van der Waals surface area contributed by atoms with E-state index < -0.39 is 0 Å². The lowest BCUT2D eigenvalue weighted by molar-refractivity contribution is 0.0527. The van der Waals surface area contributed by atoms with E-state index in [1.54, 1.807) is 11.3 Å². The summed E-state index contributed by atoms with van der Waals surface area (Å²) < 4.78 is 5.10. The molecule has 4 nitrogen and oxygen atoms in total. The average molecular weight is 268 g/mol. The summed E-state index contributed by atoms with van der Waals surface area (Å²) in [5, 5.41) is 0.614. The van der Waals surface area contributed by atoms with Gasteiger partial charge in [0, 0.05) is 18.0 Å². The first-order chi connectivity index (χ1) is 8.67. The van der Waals surface area contributed by atoms with Gasteiger partial charge >= 0.3 is 5.97 Å². The number of hydrogen-bond donors (Lipinski definition) is 1. The molecule has 0 fully saturated rings. The maximum atomic E-state index is 12.0. The predicted octanol–water partition coefficient (Wildman–Crippen LogP) is 1.93. The van der Waals surface area contributed by atoms with Gasteiger partial charge in [-0.15, -0.1) is 11.3 Å². The van der Waals surface area contributed by atoms with E-state index in [-0.39, 0.29) is 5.97 Å². The summed E-state index contributed by atoms with van der Waals surface area (Å²) in [5.41, 5.74) is 7.71. The number of carbonyl (C=O) groups is 1. The van der Waals surface area contributed by atoms with E-state index in [9.17, 15) is 4.79 Å². The van der Waals surface area contributed by atoms with Crippen LogP contribution in [0.4, 0.5) is 5.00 Å². The number of likely N-dealkylation sites (N-methyl/N-ethyl adjacent to an activating group) is 1. The Morgan fingerprint density at radius 3 is 2.78 bits per heavy atom. The normalized spacial score (nSPS) is 16.1. The molecule has 0 radical (unpaired) electrons. The number of thiophene rings is 1. The van der Waals surface area contributed by atoms with Crippen molar-refractivity contribution in [3.8, 4) is 0 Å². The van der Waals surface area contributed by atoms with E-state index in [0.29, 0.717) is 17.2 Å². The highest BCUT2D eigenvalue weighted by Gasteiger charge is 2.25. The van der Waals surface area contributed by atoms with Crippen LogP contribution in [-0.4, -0.2) is 37.1 Å². The maximum absolute atomic E-state index is 12.0. The van der Waals surface area contributed by atoms with Crippen LogP contribution in [0.5, 0.6) is 0 Å². The molecule has 0 unspecified atom stereocenters. The van der Waals surface area contributed by atoms with Crippen LogP contribution in [0.2, 0.25) is 0 Å². The van der Waals surface area contributed by atoms with Gasteiger partial charge in [0.2, 0.25) is 0 Å². The molecule has 0 aliphatic carbocycles. The van der Waals surface area contributed by atoms with Crippen molar-refractivity contribution in [2.75, 3.05) is 32.0 Å². The predicted molar refractivity (Wildman–Crippen MR) is 74.2 cm³/mol. The largest absolute Gasteiger partial charge is 0.462 e. The van der Waals surface area contributed by atoms with Gasteiger partial charge in [0.1, 0.15) is 5.00 Å². The van der Waals surface area contributed by atoms with E-state index in [2.05, 4.69) is 11.8 Å². The van der Waals surface area contributed by atoms with E-state index >= 15 is 0 Å². The number of hydrogen-bond acceptors (Lipinski definition) is 5. The van der Waals surface area contributed by atoms with Crippen molar-refractivity contribution in [3.63, 3.8) is 0 Å². The molecule has 0 spiro atoms. The van der Waals surface area contributed by atoms with Gasteiger partial charge in [-0.1, -0.05) is 6.92 Å². The van der Waals surface area contributed by atoms with Crippen molar-refractivity contribution in [1.82, 2.24) is 4.90 Å². The number of nitrogens with two attached hydrogens (primary N) is 1. The van der Waals surface area contributed by atoms with Gasteiger partial charge < -0.3 is 15.4 Å². The van der Waals surface area contributed by atoms with Gasteiger partial charge in [-0.05, 0) is 31.9 Å². The Morgan fingerprint density at radius 1 is 1.39 bits per heavy atom. The summed E-state index contributed by atoms with van der Waals surface area (Å²) in [4.78, 5) is 15.6. The first-order valence-electron chi connectivity index (χ1n) is 6.46. The number of carbonyl (C=O) groups excluding carboxylic acids is 1. The topological polar surface area (TPSA) is 55.6 Å². The van der Waals surface area contributed by atoms with E-state index in [1.807, 2.05) is 6.92 Å². The third-order valence-electron chi connectivity index (χ3n) is 3.38. The van der Waals surface area contributed by atoms with Gasteiger partial charge in [0.25, 0.3) is 0 Å². The second-order valence-corrected chi connectivity index (χ2v) is 5.53. The highest BCUT2D eigenvalue weighted by Crippen LogP contribution is 2.34. The lowest BCUT2D eigenvalue weighted by Gasteiger charge is -2.16. The van der Waals surface area contributed by atoms with E-state index in [0.717, 1.165) is 38.0 Å². The molecule has 0 amide bonds. The van der Waals surface area contributed by atoms with Crippen LogP contribution in [0.25, 0.3) is 0 Å². The standard InChI is InChI=1S/C13H20N2O2S/c1-3-15-7-5-9-10(6-8-15)18-12(14)11(9)13(16)17-4-2/h3-8,14H2,1-2H3. The van der Waals surface area contributed by atoms with Gasteiger partial charge in [-0.3, -0.25) is 0 Å². The molecule has 0 atom stereocenters. The Kier molecular flexibility index (Phi) is 4.24. The van der Waals surface area contributed by atoms with Crippen molar-refractivity contribution in [1.29, 1.82) is 0 Å². The molecule has 2 N–H and O–H groups in total. The lowest BCUT2D eigenvalue weighted by Crippen LogP contribution is -2.26. The zero-order valence-electron chi connectivity index (χ0n) is 11.0. The molecule has 1 aliphatic heterocycles. The molecule has 5 heteroatoms. The first kappa shape index (κ1) is 13.4. The van der Waals surface area contributed by atoms with Gasteiger partial charge in [-0.2, -0.15) is 0 Å². The molecule has 1 aliphatic rings. The lowest BCUT2D eigenvalue weighted by atomic mass is 10.1. The van der Waals surface area contributed by atoms with Crippen LogP contribution in [0.15, 0.2) is 0 Å². The SMILES string of the molecule is CCOC(=O)c1c(N)sc2c1CCN(CC)CC2. The summed E-state index contributed by atoms with van der Waals surface area (Å²) in [6.45, 7) is 7.47. The summed E-state index contributed by atoms with van der Waals surface area (Å²) in [5.74, 6) is -0.266. The highest BCUT2D eigenvalue weighted by molar-refractivity contribution is 7.16. The fraction of sp³-hybridized carbons (Fsp3) is 0.615.